The van der Waals surface area contributed by atoms with Crippen molar-refractivity contribution >= 4 is 0 Å². The highest BCUT2D eigenvalue weighted by Gasteiger charge is 2.05. The van der Waals surface area contributed by atoms with E-state index >= 15 is 0 Å². The zero-order valence-electron chi connectivity index (χ0n) is 7.91. The van der Waals surface area contributed by atoms with Crippen LogP contribution in [0.2, 0.25) is 0 Å². The molecule has 0 aromatic carbocycles. The van der Waals surface area contributed by atoms with E-state index < -0.39 is 0 Å². The second kappa shape index (κ2) is 3.12. The lowest BCUT2D eigenvalue weighted by molar-refractivity contribution is 0.906. The highest BCUT2D eigenvalue weighted by atomic mass is 14.7. The van der Waals surface area contributed by atoms with Gasteiger partial charge in [-0.1, -0.05) is 13.3 Å². The minimum absolute atomic E-state index is 1.21. The third-order valence-electron chi connectivity index (χ3n) is 2.34. The van der Waals surface area contributed by atoms with Gasteiger partial charge in [0.05, 0.1) is 0 Å². The van der Waals surface area contributed by atoms with Crippen molar-refractivity contribution < 1.29 is 0 Å². The van der Waals surface area contributed by atoms with Crippen molar-refractivity contribution in [2.24, 2.45) is 0 Å². The molecule has 0 unspecified atom stereocenters. The van der Waals surface area contributed by atoms with E-state index in [9.17, 15) is 0 Å². The van der Waals surface area contributed by atoms with Gasteiger partial charge < -0.3 is 4.98 Å². The van der Waals surface area contributed by atoms with E-state index in [1.807, 2.05) is 0 Å². The normalized spacial score (nSPS) is 10.5. The minimum Gasteiger partial charge on any atom is -0.362 e. The Morgan fingerprint density at radius 1 is 1.09 bits per heavy atom. The van der Waals surface area contributed by atoms with E-state index in [-0.39, 0.29) is 0 Å². The Bertz CT molecular complexity index is 246. The lowest BCUT2D eigenvalue weighted by Crippen LogP contribution is -1.86. The topological polar surface area (TPSA) is 15.8 Å². The summed E-state index contributed by atoms with van der Waals surface area (Å²) in [6.07, 6.45) is 2.45. The number of aromatic amines is 1. The molecule has 0 aliphatic rings. The summed E-state index contributed by atoms with van der Waals surface area (Å²) in [4.78, 5) is 3.36. The van der Waals surface area contributed by atoms with Crippen LogP contribution in [0.3, 0.4) is 0 Å². The van der Waals surface area contributed by atoms with Crippen LogP contribution < -0.4 is 0 Å². The summed E-state index contributed by atoms with van der Waals surface area (Å²) in [5.74, 6) is 0. The van der Waals surface area contributed by atoms with Crippen LogP contribution in [0.25, 0.3) is 0 Å². The second-order valence-electron chi connectivity index (χ2n) is 3.23. The van der Waals surface area contributed by atoms with Crippen LogP contribution in [-0.4, -0.2) is 4.98 Å². The van der Waals surface area contributed by atoms with E-state index in [0.29, 0.717) is 0 Å². The number of hydrogen-bond acceptors (Lipinski definition) is 0. The molecule has 0 atom stereocenters. The van der Waals surface area contributed by atoms with Gasteiger partial charge in [0.2, 0.25) is 0 Å². The Kier molecular flexibility index (Phi) is 2.38. The zero-order valence-corrected chi connectivity index (χ0v) is 7.91. The first kappa shape index (κ1) is 8.38. The maximum absolute atomic E-state index is 3.36. The number of hydrogen-bond donors (Lipinski definition) is 1. The molecule has 0 aliphatic carbocycles. The van der Waals surface area contributed by atoms with Crippen LogP contribution in [0.5, 0.6) is 0 Å². The fourth-order valence-corrected chi connectivity index (χ4v) is 1.58. The smallest absolute Gasteiger partial charge is 0.0152 e. The third-order valence-corrected chi connectivity index (χ3v) is 2.34. The van der Waals surface area contributed by atoms with Gasteiger partial charge in [-0.2, -0.15) is 0 Å². The molecule has 1 rings (SSSR count). The maximum Gasteiger partial charge on any atom is 0.0152 e. The van der Waals surface area contributed by atoms with Crippen molar-refractivity contribution in [2.75, 3.05) is 0 Å². The van der Waals surface area contributed by atoms with Crippen molar-refractivity contribution in [1.29, 1.82) is 0 Å². The summed E-state index contributed by atoms with van der Waals surface area (Å²) in [5.41, 5.74) is 5.64. The van der Waals surface area contributed by atoms with Gasteiger partial charge >= 0.3 is 0 Å². The van der Waals surface area contributed by atoms with E-state index in [2.05, 4.69) is 32.7 Å². The monoisotopic (exact) mass is 151 g/mol. The van der Waals surface area contributed by atoms with Crippen LogP contribution in [0.15, 0.2) is 0 Å². The molecule has 1 heteroatoms. The second-order valence-corrected chi connectivity index (χ2v) is 3.23. The van der Waals surface area contributed by atoms with Gasteiger partial charge in [-0.15, -0.1) is 0 Å². The molecule has 1 aromatic rings. The molecule has 1 nitrogen and oxygen atoms in total. The quantitative estimate of drug-likeness (QED) is 0.669. The number of aryl methyl sites for hydroxylation is 2. The summed E-state index contributed by atoms with van der Waals surface area (Å²) < 4.78 is 0. The van der Waals surface area contributed by atoms with E-state index in [1.54, 1.807) is 0 Å². The number of nitrogens with one attached hydrogen (secondary N) is 1. The molecule has 0 radical (unpaired) electrons. The maximum atomic E-state index is 3.36. The third kappa shape index (κ3) is 1.47. The molecule has 0 saturated carbocycles. The molecule has 0 saturated heterocycles. The summed E-state index contributed by atoms with van der Waals surface area (Å²) in [6.45, 7) is 8.72. The standard InChI is InChI=1S/C10H17N/c1-5-6-10-7(2)8(3)11-9(10)4/h11H,5-6H2,1-4H3. The van der Waals surface area contributed by atoms with Gasteiger partial charge in [0.15, 0.2) is 0 Å². The molecule has 1 N–H and O–H groups in total. The minimum atomic E-state index is 1.21. The molecule has 0 fully saturated rings. The van der Waals surface area contributed by atoms with Gasteiger partial charge in [-0.05, 0) is 38.3 Å². The molecule has 0 amide bonds. The summed E-state index contributed by atoms with van der Waals surface area (Å²) in [6, 6.07) is 0. The SMILES string of the molecule is CCCc1c(C)[nH]c(C)c1C. The summed E-state index contributed by atoms with van der Waals surface area (Å²) in [7, 11) is 0. The van der Waals surface area contributed by atoms with Crippen LogP contribution in [0.4, 0.5) is 0 Å². The van der Waals surface area contributed by atoms with E-state index in [4.69, 9.17) is 0 Å². The van der Waals surface area contributed by atoms with Gasteiger partial charge in [-0.3, -0.25) is 0 Å². The summed E-state index contributed by atoms with van der Waals surface area (Å²) >= 11 is 0. The highest BCUT2D eigenvalue weighted by molar-refractivity contribution is 5.34. The molecular weight excluding hydrogens is 134 g/mol. The fourth-order valence-electron chi connectivity index (χ4n) is 1.58. The summed E-state index contributed by atoms with van der Waals surface area (Å²) in [5, 5.41) is 0. The van der Waals surface area contributed by atoms with Crippen molar-refractivity contribution in [2.45, 2.75) is 40.5 Å². The molecule has 11 heavy (non-hydrogen) atoms. The van der Waals surface area contributed by atoms with Gasteiger partial charge in [0.1, 0.15) is 0 Å². The Morgan fingerprint density at radius 2 is 1.73 bits per heavy atom. The molecule has 1 aromatic heterocycles. The van der Waals surface area contributed by atoms with Crippen LogP contribution in [-0.2, 0) is 6.42 Å². The van der Waals surface area contributed by atoms with E-state index in [0.717, 1.165) is 0 Å². The lowest BCUT2D eigenvalue weighted by atomic mass is 10.1. The lowest BCUT2D eigenvalue weighted by Gasteiger charge is -1.97. The molecule has 0 aliphatic heterocycles. The molecule has 1 heterocycles. The number of aromatic nitrogens is 1. The van der Waals surface area contributed by atoms with Crippen molar-refractivity contribution in [3.05, 3.63) is 22.5 Å². The predicted octanol–water partition coefficient (Wildman–Crippen LogP) is 2.89. The zero-order chi connectivity index (χ0) is 8.43. The first-order valence-corrected chi connectivity index (χ1v) is 4.31. The fraction of sp³-hybridized carbons (Fsp3) is 0.600. The average molecular weight is 151 g/mol. The van der Waals surface area contributed by atoms with Crippen LogP contribution >= 0.6 is 0 Å². The first-order chi connectivity index (χ1) is 5.16. The van der Waals surface area contributed by atoms with Gasteiger partial charge in [0.25, 0.3) is 0 Å². The predicted molar refractivity (Wildman–Crippen MR) is 49.0 cm³/mol. The number of rotatable bonds is 2. The van der Waals surface area contributed by atoms with Crippen molar-refractivity contribution in [3.63, 3.8) is 0 Å². The van der Waals surface area contributed by atoms with Gasteiger partial charge in [-0.25, -0.2) is 0 Å². The average Bonchev–Trinajstić information content (AvgIpc) is 2.17. The van der Waals surface area contributed by atoms with Crippen molar-refractivity contribution in [3.8, 4) is 0 Å². The van der Waals surface area contributed by atoms with Gasteiger partial charge in [0, 0.05) is 11.4 Å². The van der Waals surface area contributed by atoms with Crippen molar-refractivity contribution in [1.82, 2.24) is 4.98 Å². The Balaban J connectivity index is 3.02. The van der Waals surface area contributed by atoms with Crippen LogP contribution in [0.1, 0.15) is 35.9 Å². The highest BCUT2D eigenvalue weighted by Crippen LogP contribution is 2.18. The number of H-pyrrole nitrogens is 1. The molecular formula is C10H17N. The molecule has 0 bridgehead atoms. The molecule has 0 spiro atoms. The van der Waals surface area contributed by atoms with Crippen LogP contribution in [0, 0.1) is 20.8 Å². The largest absolute Gasteiger partial charge is 0.362 e. The molecule has 62 valence electrons. The Morgan fingerprint density at radius 3 is 2.09 bits per heavy atom. The Labute approximate surface area is 68.8 Å². The Hall–Kier alpha value is -0.720. The van der Waals surface area contributed by atoms with E-state index in [1.165, 1.54) is 35.4 Å². The first-order valence-electron chi connectivity index (χ1n) is 4.31.